The van der Waals surface area contributed by atoms with Crippen molar-refractivity contribution in [1.29, 1.82) is 0 Å². The van der Waals surface area contributed by atoms with Gasteiger partial charge in [0, 0.05) is 13.1 Å². The Balaban J connectivity index is 4.28. The Morgan fingerprint density at radius 2 is 1.45 bits per heavy atom. The van der Waals surface area contributed by atoms with Crippen LogP contribution in [-0.4, -0.2) is 37.6 Å². The summed E-state index contributed by atoms with van der Waals surface area (Å²) in [7, 11) is 0. The summed E-state index contributed by atoms with van der Waals surface area (Å²) in [5, 5.41) is 3.58. The van der Waals surface area contributed by atoms with Crippen molar-refractivity contribution in [2.24, 2.45) is 17.3 Å². The fourth-order valence-corrected chi connectivity index (χ4v) is 2.42. The minimum atomic E-state index is 0.364. The number of hydrogen-bond donors (Lipinski definition) is 1. The maximum absolute atomic E-state index is 3.58. The normalized spacial score (nSPS) is 12.9. The van der Waals surface area contributed by atoms with Gasteiger partial charge in [-0.1, -0.05) is 48.5 Å². The van der Waals surface area contributed by atoms with Crippen LogP contribution in [0.15, 0.2) is 0 Å². The van der Waals surface area contributed by atoms with Gasteiger partial charge in [-0.3, -0.25) is 0 Å². The molecule has 20 heavy (non-hydrogen) atoms. The van der Waals surface area contributed by atoms with Crippen molar-refractivity contribution in [3.05, 3.63) is 0 Å². The van der Waals surface area contributed by atoms with Crippen LogP contribution < -0.4 is 5.32 Å². The predicted octanol–water partition coefficient (Wildman–Crippen LogP) is 4.41. The molecule has 0 heterocycles. The van der Waals surface area contributed by atoms with Crippen molar-refractivity contribution in [3.8, 4) is 0 Å². The van der Waals surface area contributed by atoms with E-state index in [-0.39, 0.29) is 0 Å². The molecule has 0 aromatic heterocycles. The highest BCUT2D eigenvalue weighted by molar-refractivity contribution is 4.77. The third-order valence-corrected chi connectivity index (χ3v) is 3.73. The van der Waals surface area contributed by atoms with E-state index in [4.69, 9.17) is 0 Å². The van der Waals surface area contributed by atoms with E-state index in [0.29, 0.717) is 5.41 Å². The van der Waals surface area contributed by atoms with Crippen molar-refractivity contribution in [2.75, 3.05) is 32.7 Å². The molecule has 0 unspecified atom stereocenters. The Morgan fingerprint density at radius 3 is 1.85 bits per heavy atom. The van der Waals surface area contributed by atoms with E-state index in [1.807, 2.05) is 0 Å². The van der Waals surface area contributed by atoms with Crippen LogP contribution in [0, 0.1) is 17.3 Å². The van der Waals surface area contributed by atoms with Gasteiger partial charge in [-0.25, -0.2) is 0 Å². The second-order valence-electron chi connectivity index (χ2n) is 7.98. The lowest BCUT2D eigenvalue weighted by Gasteiger charge is -2.34. The van der Waals surface area contributed by atoms with Gasteiger partial charge in [-0.05, 0) is 56.1 Å². The quantitative estimate of drug-likeness (QED) is 0.534. The van der Waals surface area contributed by atoms with Gasteiger partial charge < -0.3 is 10.2 Å². The molecule has 0 amide bonds. The number of hydrogen-bond acceptors (Lipinski definition) is 2. The fourth-order valence-electron chi connectivity index (χ4n) is 2.42. The summed E-state index contributed by atoms with van der Waals surface area (Å²) in [5.41, 5.74) is 0.364. The molecule has 2 nitrogen and oxygen atoms in total. The summed E-state index contributed by atoms with van der Waals surface area (Å²) in [4.78, 5) is 2.69. The molecular weight excluding hydrogens is 244 g/mol. The van der Waals surface area contributed by atoms with Crippen molar-refractivity contribution in [3.63, 3.8) is 0 Å². The van der Waals surface area contributed by atoms with Gasteiger partial charge in [0.15, 0.2) is 0 Å². The maximum Gasteiger partial charge on any atom is 0.00448 e. The highest BCUT2D eigenvalue weighted by Gasteiger charge is 2.21. The van der Waals surface area contributed by atoms with Crippen molar-refractivity contribution in [1.82, 2.24) is 10.2 Å². The van der Waals surface area contributed by atoms with Crippen LogP contribution in [0.25, 0.3) is 0 Å². The molecule has 122 valence electrons. The summed E-state index contributed by atoms with van der Waals surface area (Å²) < 4.78 is 0. The molecule has 0 aromatic carbocycles. The Hall–Kier alpha value is -0.0800. The lowest BCUT2D eigenvalue weighted by molar-refractivity contribution is 0.160. The van der Waals surface area contributed by atoms with Crippen LogP contribution in [0.1, 0.15) is 67.7 Å². The second-order valence-corrected chi connectivity index (χ2v) is 7.98. The van der Waals surface area contributed by atoms with Gasteiger partial charge in [0.1, 0.15) is 0 Å². The van der Waals surface area contributed by atoms with E-state index < -0.39 is 0 Å². The molecule has 0 saturated heterocycles. The molecule has 0 aliphatic heterocycles. The molecule has 0 saturated carbocycles. The standard InChI is InChI=1S/C18H40N2/c1-8-11-19-14-18(6,7)15-20(12-9-16(2)3)13-10-17(4)5/h16-17,19H,8-15H2,1-7H3. The van der Waals surface area contributed by atoms with Gasteiger partial charge in [0.05, 0.1) is 0 Å². The molecule has 0 radical (unpaired) electrons. The molecule has 0 aliphatic rings. The minimum Gasteiger partial charge on any atom is -0.316 e. The first-order chi connectivity index (χ1) is 9.26. The van der Waals surface area contributed by atoms with Gasteiger partial charge >= 0.3 is 0 Å². The van der Waals surface area contributed by atoms with Crippen molar-refractivity contribution < 1.29 is 0 Å². The van der Waals surface area contributed by atoms with E-state index in [1.54, 1.807) is 0 Å². The molecule has 0 spiro atoms. The fraction of sp³-hybridized carbons (Fsp3) is 1.00. The Morgan fingerprint density at radius 1 is 0.950 bits per heavy atom. The molecule has 2 heteroatoms. The van der Waals surface area contributed by atoms with Crippen LogP contribution in [0.2, 0.25) is 0 Å². The average molecular weight is 285 g/mol. The zero-order chi connectivity index (χ0) is 15.6. The molecular formula is C18H40N2. The largest absolute Gasteiger partial charge is 0.316 e. The highest BCUT2D eigenvalue weighted by atomic mass is 15.1. The molecule has 0 rings (SSSR count). The molecule has 0 bridgehead atoms. The van der Waals surface area contributed by atoms with Gasteiger partial charge in [0.25, 0.3) is 0 Å². The van der Waals surface area contributed by atoms with Gasteiger partial charge in [-0.15, -0.1) is 0 Å². The topological polar surface area (TPSA) is 15.3 Å². The minimum absolute atomic E-state index is 0.364. The summed E-state index contributed by atoms with van der Waals surface area (Å²) in [6, 6.07) is 0. The average Bonchev–Trinajstić information content (AvgIpc) is 2.32. The molecule has 1 N–H and O–H groups in total. The number of nitrogens with zero attached hydrogens (tertiary/aromatic N) is 1. The van der Waals surface area contributed by atoms with Crippen LogP contribution >= 0.6 is 0 Å². The summed E-state index contributed by atoms with van der Waals surface area (Å²) >= 11 is 0. The molecule has 0 fully saturated rings. The lowest BCUT2D eigenvalue weighted by atomic mass is 9.92. The SMILES string of the molecule is CCCNCC(C)(C)CN(CCC(C)C)CCC(C)C. The third kappa shape index (κ3) is 11.7. The Kier molecular flexibility index (Phi) is 10.6. The zero-order valence-corrected chi connectivity index (χ0v) is 15.3. The van der Waals surface area contributed by atoms with E-state index in [1.165, 1.54) is 38.9 Å². The first-order valence-corrected chi connectivity index (χ1v) is 8.70. The number of nitrogens with one attached hydrogen (secondary N) is 1. The van der Waals surface area contributed by atoms with E-state index in [0.717, 1.165) is 24.9 Å². The Bertz CT molecular complexity index is 209. The van der Waals surface area contributed by atoms with Crippen molar-refractivity contribution in [2.45, 2.75) is 67.7 Å². The summed E-state index contributed by atoms with van der Waals surface area (Å²) in [6.45, 7) is 22.3. The highest BCUT2D eigenvalue weighted by Crippen LogP contribution is 2.18. The van der Waals surface area contributed by atoms with Gasteiger partial charge in [0.2, 0.25) is 0 Å². The zero-order valence-electron chi connectivity index (χ0n) is 15.3. The first-order valence-electron chi connectivity index (χ1n) is 8.70. The van der Waals surface area contributed by atoms with Crippen LogP contribution in [0.5, 0.6) is 0 Å². The summed E-state index contributed by atoms with van der Waals surface area (Å²) in [6.07, 6.45) is 3.85. The maximum atomic E-state index is 3.58. The monoisotopic (exact) mass is 284 g/mol. The number of rotatable bonds is 12. The lowest BCUT2D eigenvalue weighted by Crippen LogP contribution is -2.42. The molecule has 0 atom stereocenters. The second kappa shape index (κ2) is 10.6. The molecule has 0 aliphatic carbocycles. The van der Waals surface area contributed by atoms with E-state index >= 15 is 0 Å². The van der Waals surface area contributed by atoms with Crippen LogP contribution in [0.3, 0.4) is 0 Å². The first kappa shape index (κ1) is 19.9. The smallest absolute Gasteiger partial charge is 0.00448 e. The predicted molar refractivity (Wildman–Crippen MR) is 92.3 cm³/mol. The molecule has 0 aromatic rings. The van der Waals surface area contributed by atoms with Crippen molar-refractivity contribution >= 4 is 0 Å². The van der Waals surface area contributed by atoms with Crippen LogP contribution in [0.4, 0.5) is 0 Å². The summed E-state index contributed by atoms with van der Waals surface area (Å²) in [5.74, 6) is 1.61. The van der Waals surface area contributed by atoms with Crippen LogP contribution in [-0.2, 0) is 0 Å². The van der Waals surface area contributed by atoms with E-state index in [9.17, 15) is 0 Å². The van der Waals surface area contributed by atoms with Gasteiger partial charge in [-0.2, -0.15) is 0 Å². The Labute approximate surface area is 128 Å². The third-order valence-electron chi connectivity index (χ3n) is 3.73. The van der Waals surface area contributed by atoms with E-state index in [2.05, 4.69) is 58.7 Å².